The molecule has 0 radical (unpaired) electrons. The van der Waals surface area contributed by atoms with Crippen molar-refractivity contribution >= 4 is 36.2 Å². The largest absolute Gasteiger partial charge is 0.481 e. The van der Waals surface area contributed by atoms with E-state index >= 15 is 0 Å². The number of nitrogens with one attached hydrogen (secondary N) is 4. The van der Waals surface area contributed by atoms with Crippen molar-refractivity contribution in [3.05, 3.63) is 90.3 Å². The summed E-state index contributed by atoms with van der Waals surface area (Å²) in [5.41, 5.74) is 13.6. The van der Waals surface area contributed by atoms with Crippen molar-refractivity contribution in [1.82, 2.24) is 20.3 Å². The number of aromatic amines is 3. The Kier molecular flexibility index (Phi) is 7.91. The lowest BCUT2D eigenvalue weighted by atomic mass is 9.97. The molecule has 3 aromatic heterocycles. The predicted octanol–water partition coefficient (Wildman–Crippen LogP) is 4.53. The summed E-state index contributed by atoms with van der Waals surface area (Å²) in [6, 6.07) is 0.145. The highest BCUT2D eigenvalue weighted by atomic mass is 16.4. The first-order valence-electron chi connectivity index (χ1n) is 14.6. The molecule has 0 saturated heterocycles. The molecule has 6 N–H and O–H groups in total. The second-order valence-electron chi connectivity index (χ2n) is 11.4. The van der Waals surface area contributed by atoms with Gasteiger partial charge < -0.3 is 30.5 Å². The second-order valence-corrected chi connectivity index (χ2v) is 11.4. The maximum atomic E-state index is 11.6. The van der Waals surface area contributed by atoms with Gasteiger partial charge in [0.25, 0.3) is 0 Å². The normalized spacial score (nSPS) is 18.9. The number of hydrogen-bond donors (Lipinski definition) is 6. The van der Waals surface area contributed by atoms with Crippen LogP contribution in [0.4, 0.5) is 0 Å². The monoisotopic (exact) mass is 568 g/mol. The van der Waals surface area contributed by atoms with E-state index < -0.39 is 11.9 Å². The SMILES string of the molecule is C=Cc1c2[nH]c(c1C)CC1N/C(=C\c3[nH]c(c(CCC(=O)O)c3C)/C=c3\[nH]/c(c(C)c3CCC(=O)O)=C\2)C(C)=C1CC. The van der Waals surface area contributed by atoms with Crippen molar-refractivity contribution in [3.8, 4) is 0 Å². The summed E-state index contributed by atoms with van der Waals surface area (Å²) in [7, 11) is 0. The lowest BCUT2D eigenvalue weighted by Gasteiger charge is -2.15. The Bertz CT molecular complexity index is 1790. The van der Waals surface area contributed by atoms with Gasteiger partial charge in [0.15, 0.2) is 0 Å². The van der Waals surface area contributed by atoms with Gasteiger partial charge in [0.1, 0.15) is 0 Å². The number of aliphatic carboxylic acids is 2. The van der Waals surface area contributed by atoms with E-state index in [0.717, 1.165) is 79.8 Å². The fourth-order valence-corrected chi connectivity index (χ4v) is 6.56. The maximum Gasteiger partial charge on any atom is 0.303 e. The van der Waals surface area contributed by atoms with Gasteiger partial charge in [-0.3, -0.25) is 9.59 Å². The first-order chi connectivity index (χ1) is 20.0. The summed E-state index contributed by atoms with van der Waals surface area (Å²) >= 11 is 0. The van der Waals surface area contributed by atoms with E-state index in [1.165, 1.54) is 16.7 Å². The zero-order valence-electron chi connectivity index (χ0n) is 25.0. The first-order valence-corrected chi connectivity index (χ1v) is 14.6. The number of fused-ring (bicyclic) bond motifs is 8. The van der Waals surface area contributed by atoms with Crippen LogP contribution in [0.3, 0.4) is 0 Å². The number of hydrogen-bond acceptors (Lipinski definition) is 3. The molecule has 2 aliphatic heterocycles. The minimum atomic E-state index is -0.853. The summed E-state index contributed by atoms with van der Waals surface area (Å²) in [5.74, 6) is -1.70. The van der Waals surface area contributed by atoms with Crippen molar-refractivity contribution < 1.29 is 19.8 Å². The molecule has 8 nitrogen and oxygen atoms in total. The molecule has 5 rings (SSSR count). The van der Waals surface area contributed by atoms with Gasteiger partial charge in [0.2, 0.25) is 0 Å². The highest BCUT2D eigenvalue weighted by Crippen LogP contribution is 2.33. The first kappa shape index (κ1) is 29.0. The fourth-order valence-electron chi connectivity index (χ4n) is 6.56. The van der Waals surface area contributed by atoms with Crippen LogP contribution in [-0.2, 0) is 28.9 Å². The number of carboxylic acid groups (broad SMARTS) is 2. The molecule has 220 valence electrons. The van der Waals surface area contributed by atoms with Crippen LogP contribution in [0.1, 0.15) is 89.3 Å². The quantitative estimate of drug-likeness (QED) is 0.238. The summed E-state index contributed by atoms with van der Waals surface area (Å²) in [6.07, 6.45) is 10.6. The molecule has 0 aliphatic carbocycles. The summed E-state index contributed by atoms with van der Waals surface area (Å²) < 4.78 is 0. The second kappa shape index (κ2) is 11.4. The number of carboxylic acids is 2. The number of allylic oxidation sites excluding steroid dienone is 1. The summed E-state index contributed by atoms with van der Waals surface area (Å²) in [6.45, 7) is 14.6. The molecule has 5 heterocycles. The number of carbonyl (C=O) groups is 2. The third-order valence-corrected chi connectivity index (χ3v) is 9.01. The summed E-state index contributed by atoms with van der Waals surface area (Å²) in [5, 5.41) is 24.4. The van der Waals surface area contributed by atoms with E-state index in [9.17, 15) is 19.8 Å². The van der Waals surface area contributed by atoms with Crippen molar-refractivity contribution in [2.45, 2.75) is 79.2 Å². The molecule has 2 aliphatic rings. The third-order valence-electron chi connectivity index (χ3n) is 9.01. The minimum Gasteiger partial charge on any atom is -0.481 e. The van der Waals surface area contributed by atoms with E-state index in [0.29, 0.717) is 12.8 Å². The number of H-pyrrole nitrogens is 3. The highest BCUT2D eigenvalue weighted by molar-refractivity contribution is 5.71. The summed E-state index contributed by atoms with van der Waals surface area (Å²) in [4.78, 5) is 33.9. The van der Waals surface area contributed by atoms with Crippen LogP contribution in [0.2, 0.25) is 0 Å². The van der Waals surface area contributed by atoms with Crippen LogP contribution < -0.4 is 16.0 Å². The Hall–Kier alpha value is -4.46. The highest BCUT2D eigenvalue weighted by Gasteiger charge is 2.28. The van der Waals surface area contributed by atoms with E-state index in [-0.39, 0.29) is 18.9 Å². The molecule has 0 amide bonds. The maximum absolute atomic E-state index is 11.6. The average Bonchev–Trinajstić information content (AvgIpc) is 3.59. The predicted molar refractivity (Wildman–Crippen MR) is 167 cm³/mol. The van der Waals surface area contributed by atoms with Gasteiger partial charge in [-0.25, -0.2) is 0 Å². The molecule has 42 heavy (non-hydrogen) atoms. The van der Waals surface area contributed by atoms with E-state index in [1.54, 1.807) is 0 Å². The van der Waals surface area contributed by atoms with Crippen molar-refractivity contribution in [2.75, 3.05) is 0 Å². The van der Waals surface area contributed by atoms with Crippen LogP contribution >= 0.6 is 0 Å². The lowest BCUT2D eigenvalue weighted by Crippen LogP contribution is -2.27. The van der Waals surface area contributed by atoms with Crippen molar-refractivity contribution in [2.24, 2.45) is 0 Å². The van der Waals surface area contributed by atoms with Gasteiger partial charge in [-0.05, 0) is 104 Å². The Labute approximate surface area is 245 Å². The smallest absolute Gasteiger partial charge is 0.303 e. The number of rotatable bonds is 8. The van der Waals surface area contributed by atoms with Gasteiger partial charge in [-0.2, -0.15) is 0 Å². The molecule has 0 aromatic carbocycles. The lowest BCUT2D eigenvalue weighted by molar-refractivity contribution is -0.138. The Morgan fingerprint density at radius 1 is 0.857 bits per heavy atom. The van der Waals surface area contributed by atoms with Crippen LogP contribution in [-0.4, -0.2) is 43.1 Å². The van der Waals surface area contributed by atoms with Gasteiger partial charge in [-0.1, -0.05) is 19.6 Å². The van der Waals surface area contributed by atoms with Crippen LogP contribution in [0.25, 0.3) is 24.3 Å². The Morgan fingerprint density at radius 3 is 2.17 bits per heavy atom. The Morgan fingerprint density at radius 2 is 1.52 bits per heavy atom. The zero-order valence-corrected chi connectivity index (χ0v) is 25.0. The van der Waals surface area contributed by atoms with E-state index in [1.807, 2.05) is 26.0 Å². The average molecular weight is 569 g/mol. The van der Waals surface area contributed by atoms with E-state index in [2.05, 4.69) is 59.8 Å². The van der Waals surface area contributed by atoms with Crippen molar-refractivity contribution in [3.63, 3.8) is 0 Å². The molecule has 0 fully saturated rings. The fraction of sp³-hybridized carbons (Fsp3) is 0.353. The van der Waals surface area contributed by atoms with Crippen LogP contribution in [0.5, 0.6) is 0 Å². The molecular formula is C34H40N4O4. The molecule has 3 aromatic rings. The van der Waals surface area contributed by atoms with Gasteiger partial charge in [0.05, 0.1) is 6.04 Å². The minimum absolute atomic E-state index is 0.00798. The standard InChI is InChI=1S/C34H40N4O4/c1-7-21-17(3)25-13-26-19(5)23(9-11-33(39)40)31(37-26)16-32-24(10-12-34(41)42)20(6)28(38-32)15-30-22(8-2)18(4)27(36-30)14-29(21)35-25/h8,13,15-16,29,35-38H,2,7,9-12,14H2,1,3-6H3,(H,39,40)(H,41,42)/b25-13-,28-15-,32-16-. The van der Waals surface area contributed by atoms with Gasteiger partial charge in [0, 0.05) is 64.0 Å². The zero-order chi connectivity index (χ0) is 30.3. The van der Waals surface area contributed by atoms with E-state index in [4.69, 9.17) is 0 Å². The number of aromatic nitrogens is 3. The third kappa shape index (κ3) is 5.29. The molecule has 8 heteroatoms. The van der Waals surface area contributed by atoms with Gasteiger partial charge >= 0.3 is 11.9 Å². The molecule has 0 saturated carbocycles. The molecule has 1 unspecified atom stereocenters. The van der Waals surface area contributed by atoms with Gasteiger partial charge in [-0.15, -0.1) is 0 Å². The molecular weight excluding hydrogens is 528 g/mol. The van der Waals surface area contributed by atoms with Crippen LogP contribution in [0.15, 0.2) is 23.4 Å². The Balaban J connectivity index is 1.83. The topological polar surface area (TPSA) is 134 Å². The molecule has 1 atom stereocenters. The van der Waals surface area contributed by atoms with Crippen molar-refractivity contribution in [1.29, 1.82) is 0 Å². The molecule has 8 bridgehead atoms. The molecule has 0 spiro atoms. The van der Waals surface area contributed by atoms with Crippen LogP contribution in [0, 0.1) is 20.8 Å².